The van der Waals surface area contributed by atoms with E-state index < -0.39 is 5.60 Å². The largest absolute Gasteiger partial charge is 0.382 e. The third-order valence-electron chi connectivity index (χ3n) is 8.25. The lowest BCUT2D eigenvalue weighted by Crippen LogP contribution is -2.56. The molecule has 4 rings (SSSR count). The van der Waals surface area contributed by atoms with Gasteiger partial charge in [-0.15, -0.1) is 0 Å². The summed E-state index contributed by atoms with van der Waals surface area (Å²) in [5.41, 5.74) is -0.197. The van der Waals surface area contributed by atoms with Crippen molar-refractivity contribution in [2.24, 2.45) is 28.6 Å². The van der Waals surface area contributed by atoms with E-state index in [0.29, 0.717) is 30.6 Å². The Labute approximate surface area is 144 Å². The molecule has 3 heteroatoms. The van der Waals surface area contributed by atoms with Crippen LogP contribution in [0.25, 0.3) is 0 Å². The molecule has 4 aliphatic carbocycles. The van der Waals surface area contributed by atoms with Crippen LogP contribution in [-0.2, 0) is 9.59 Å². The second kappa shape index (κ2) is 4.91. The van der Waals surface area contributed by atoms with E-state index in [9.17, 15) is 14.7 Å². The fourth-order valence-corrected chi connectivity index (χ4v) is 6.59. The summed E-state index contributed by atoms with van der Waals surface area (Å²) in [6.07, 6.45) is 11.3. The molecule has 4 aliphatic rings. The van der Waals surface area contributed by atoms with Gasteiger partial charge in [0.1, 0.15) is 5.60 Å². The van der Waals surface area contributed by atoms with Gasteiger partial charge >= 0.3 is 0 Å². The van der Waals surface area contributed by atoms with E-state index in [-0.39, 0.29) is 22.4 Å². The monoisotopic (exact) mass is 328 g/mol. The molecule has 0 bridgehead atoms. The van der Waals surface area contributed by atoms with E-state index in [1.54, 1.807) is 6.92 Å². The third kappa shape index (κ3) is 1.82. The molecule has 0 heterocycles. The van der Waals surface area contributed by atoms with E-state index in [1.165, 1.54) is 5.57 Å². The summed E-state index contributed by atoms with van der Waals surface area (Å²) < 4.78 is 0. The number of hydrogen-bond acceptors (Lipinski definition) is 3. The van der Waals surface area contributed by atoms with Crippen molar-refractivity contribution in [3.63, 3.8) is 0 Å². The third-order valence-corrected chi connectivity index (χ3v) is 8.25. The number of carbonyl (C=O) groups is 2. The van der Waals surface area contributed by atoms with Crippen LogP contribution in [0.3, 0.4) is 0 Å². The van der Waals surface area contributed by atoms with Gasteiger partial charge in [0.25, 0.3) is 0 Å². The predicted molar refractivity (Wildman–Crippen MR) is 92.2 cm³/mol. The fraction of sp³-hybridized carbons (Fsp3) is 0.714. The van der Waals surface area contributed by atoms with Gasteiger partial charge in [-0.3, -0.25) is 9.59 Å². The van der Waals surface area contributed by atoms with Gasteiger partial charge in [0.05, 0.1) is 0 Å². The van der Waals surface area contributed by atoms with E-state index in [2.05, 4.69) is 26.0 Å². The molecule has 6 atom stereocenters. The summed E-state index contributed by atoms with van der Waals surface area (Å²) in [5, 5.41) is 11.1. The molecular formula is C21H28O3. The highest BCUT2D eigenvalue weighted by molar-refractivity contribution is 5.92. The standard InChI is InChI=1S/C21H28O3/c1-13(22)21(24)11-8-18-16-5-4-14-12-15(23)6-9-19(14,2)17(16)7-10-20(18,21)3/h4-5,12,16-18,24H,6-11H2,1-3H3/t16-,17+,18-,19-,20-,21-/m0/s1. The van der Waals surface area contributed by atoms with Crippen molar-refractivity contribution < 1.29 is 14.7 Å². The van der Waals surface area contributed by atoms with Gasteiger partial charge in [0, 0.05) is 11.8 Å². The van der Waals surface area contributed by atoms with Crippen molar-refractivity contribution in [2.45, 2.75) is 64.9 Å². The molecular weight excluding hydrogens is 300 g/mol. The Hall–Kier alpha value is -1.22. The highest BCUT2D eigenvalue weighted by Gasteiger charge is 2.64. The molecule has 2 fully saturated rings. The Morgan fingerprint density at radius 2 is 1.88 bits per heavy atom. The quantitative estimate of drug-likeness (QED) is 0.800. The maximum absolute atomic E-state index is 12.2. The second-order valence-electron chi connectivity index (χ2n) is 9.04. The van der Waals surface area contributed by atoms with E-state index in [1.807, 2.05) is 6.08 Å². The van der Waals surface area contributed by atoms with Crippen LogP contribution in [0.1, 0.15) is 59.3 Å². The topological polar surface area (TPSA) is 54.4 Å². The molecule has 0 spiro atoms. The highest BCUT2D eigenvalue weighted by atomic mass is 16.3. The van der Waals surface area contributed by atoms with Crippen molar-refractivity contribution in [1.29, 1.82) is 0 Å². The number of aliphatic hydroxyl groups is 1. The number of allylic oxidation sites excluding steroid dienone is 4. The minimum atomic E-state index is -1.16. The molecule has 3 nitrogen and oxygen atoms in total. The average molecular weight is 328 g/mol. The van der Waals surface area contributed by atoms with Gasteiger partial charge in [0.15, 0.2) is 11.6 Å². The molecule has 0 aromatic rings. The maximum atomic E-state index is 12.2. The number of hydrogen-bond donors (Lipinski definition) is 1. The van der Waals surface area contributed by atoms with Crippen molar-refractivity contribution in [3.05, 3.63) is 23.8 Å². The first-order chi connectivity index (χ1) is 11.2. The summed E-state index contributed by atoms with van der Waals surface area (Å²) >= 11 is 0. The minimum absolute atomic E-state index is 0.0687. The minimum Gasteiger partial charge on any atom is -0.382 e. The van der Waals surface area contributed by atoms with Crippen molar-refractivity contribution >= 4 is 11.6 Å². The molecule has 0 aromatic heterocycles. The Morgan fingerprint density at radius 3 is 2.58 bits per heavy atom. The molecule has 0 amide bonds. The molecule has 2 saturated carbocycles. The highest BCUT2D eigenvalue weighted by Crippen LogP contribution is 2.66. The number of Topliss-reactive ketones (excluding diaryl/α,β-unsaturated/α-hetero) is 1. The van der Waals surface area contributed by atoms with Gasteiger partial charge in [-0.2, -0.15) is 0 Å². The van der Waals surface area contributed by atoms with Gasteiger partial charge < -0.3 is 5.11 Å². The Morgan fingerprint density at radius 1 is 1.17 bits per heavy atom. The summed E-state index contributed by atoms with van der Waals surface area (Å²) in [5.74, 6) is 1.47. The van der Waals surface area contributed by atoms with E-state index in [0.717, 1.165) is 25.7 Å². The second-order valence-corrected chi connectivity index (χ2v) is 9.04. The molecule has 24 heavy (non-hydrogen) atoms. The fourth-order valence-electron chi connectivity index (χ4n) is 6.59. The number of ketones is 2. The summed E-state index contributed by atoms with van der Waals surface area (Å²) in [4.78, 5) is 24.0. The molecule has 130 valence electrons. The van der Waals surface area contributed by atoms with E-state index in [4.69, 9.17) is 0 Å². The van der Waals surface area contributed by atoms with Gasteiger partial charge in [-0.25, -0.2) is 0 Å². The van der Waals surface area contributed by atoms with Crippen LogP contribution in [0.2, 0.25) is 0 Å². The van der Waals surface area contributed by atoms with Crippen LogP contribution >= 0.6 is 0 Å². The van der Waals surface area contributed by atoms with Crippen LogP contribution in [-0.4, -0.2) is 22.3 Å². The van der Waals surface area contributed by atoms with Crippen LogP contribution in [0.5, 0.6) is 0 Å². The average Bonchev–Trinajstić information content (AvgIpc) is 2.81. The summed E-state index contributed by atoms with van der Waals surface area (Å²) in [6.45, 7) is 6.00. The van der Waals surface area contributed by atoms with Crippen molar-refractivity contribution in [3.8, 4) is 0 Å². The first-order valence-corrected chi connectivity index (χ1v) is 9.39. The Kier molecular flexibility index (Phi) is 3.32. The molecule has 0 aromatic carbocycles. The number of fused-ring (bicyclic) bond motifs is 5. The zero-order valence-corrected chi connectivity index (χ0v) is 15.0. The Balaban J connectivity index is 1.75. The molecule has 0 unspecified atom stereocenters. The predicted octanol–water partition coefficient (Wildman–Crippen LogP) is 3.61. The van der Waals surface area contributed by atoms with Crippen LogP contribution < -0.4 is 0 Å². The lowest BCUT2D eigenvalue weighted by atomic mass is 9.48. The molecule has 0 aliphatic heterocycles. The number of carbonyl (C=O) groups excluding carboxylic acids is 2. The first kappa shape index (κ1) is 16.3. The van der Waals surface area contributed by atoms with Gasteiger partial charge in [0.2, 0.25) is 0 Å². The molecule has 0 saturated heterocycles. The van der Waals surface area contributed by atoms with Crippen molar-refractivity contribution in [2.75, 3.05) is 0 Å². The summed E-state index contributed by atoms with van der Waals surface area (Å²) in [6, 6.07) is 0. The zero-order chi connectivity index (χ0) is 17.3. The SMILES string of the molecule is CC(=O)[C@@]1(O)CC[C@H]2[C@H]3C=CC4=CC(=O)CC[C@]4(C)[C@@H]3CC[C@@]21C. The van der Waals surface area contributed by atoms with Gasteiger partial charge in [-0.05, 0) is 73.8 Å². The number of rotatable bonds is 1. The Bertz CT molecular complexity index is 675. The normalized spacial score (nSPS) is 49.9. The zero-order valence-electron chi connectivity index (χ0n) is 15.0. The summed E-state index contributed by atoms with van der Waals surface area (Å²) in [7, 11) is 0. The lowest BCUT2D eigenvalue weighted by molar-refractivity contribution is -0.156. The van der Waals surface area contributed by atoms with E-state index >= 15 is 0 Å². The van der Waals surface area contributed by atoms with Crippen molar-refractivity contribution in [1.82, 2.24) is 0 Å². The first-order valence-electron chi connectivity index (χ1n) is 9.39. The maximum Gasteiger partial charge on any atom is 0.161 e. The molecule has 0 radical (unpaired) electrons. The van der Waals surface area contributed by atoms with Crippen LogP contribution in [0.4, 0.5) is 0 Å². The van der Waals surface area contributed by atoms with Crippen LogP contribution in [0, 0.1) is 28.6 Å². The van der Waals surface area contributed by atoms with Crippen LogP contribution in [0.15, 0.2) is 23.8 Å². The molecule has 1 N–H and O–H groups in total. The van der Waals surface area contributed by atoms with Gasteiger partial charge in [-0.1, -0.05) is 26.0 Å². The lowest BCUT2D eigenvalue weighted by Gasteiger charge is -2.56. The smallest absolute Gasteiger partial charge is 0.161 e.